The van der Waals surface area contributed by atoms with Crippen molar-refractivity contribution in [1.82, 2.24) is 15.0 Å². The van der Waals surface area contributed by atoms with Gasteiger partial charge in [-0.1, -0.05) is 29.4 Å². The van der Waals surface area contributed by atoms with E-state index in [0.29, 0.717) is 25.5 Å². The second-order valence-electron chi connectivity index (χ2n) is 5.30. The van der Waals surface area contributed by atoms with Crippen LogP contribution in [0.3, 0.4) is 0 Å². The standard InChI is InChI=1S/C16H9N3O4S2/c1-7-10-12(24)17-6-18-13(10)25-11(7)16(22)23-19-14(20)8-4-2-3-5-9(8)15(19)21/h2-6H,1H3,(H,17,18,24). The van der Waals surface area contributed by atoms with E-state index in [4.69, 9.17) is 17.1 Å². The molecular formula is C16H9N3O4S2. The first-order valence-corrected chi connectivity index (χ1v) is 8.38. The van der Waals surface area contributed by atoms with Crippen LogP contribution >= 0.6 is 23.6 Å². The highest BCUT2D eigenvalue weighted by Crippen LogP contribution is 2.31. The quantitative estimate of drug-likeness (QED) is 0.550. The smallest absolute Gasteiger partial charge is 0.337 e. The average molecular weight is 371 g/mol. The van der Waals surface area contributed by atoms with Crippen LogP contribution in [0.4, 0.5) is 0 Å². The Hall–Kier alpha value is -2.91. The number of aryl methyl sites for hydroxylation is 1. The third-order valence-electron chi connectivity index (χ3n) is 3.85. The minimum Gasteiger partial charge on any atom is -0.337 e. The fourth-order valence-corrected chi connectivity index (χ4v) is 4.05. The molecule has 124 valence electrons. The van der Waals surface area contributed by atoms with Gasteiger partial charge in [-0.05, 0) is 24.6 Å². The Labute approximate surface area is 149 Å². The van der Waals surface area contributed by atoms with Crippen molar-refractivity contribution >= 4 is 51.6 Å². The third kappa shape index (κ3) is 2.28. The van der Waals surface area contributed by atoms with E-state index >= 15 is 0 Å². The molecule has 7 nitrogen and oxygen atoms in total. The third-order valence-corrected chi connectivity index (χ3v) is 5.35. The minimum absolute atomic E-state index is 0.206. The molecule has 0 fully saturated rings. The normalized spacial score (nSPS) is 13.4. The summed E-state index contributed by atoms with van der Waals surface area (Å²) >= 11 is 6.30. The molecule has 0 saturated heterocycles. The molecule has 1 aliphatic rings. The molecule has 0 spiro atoms. The molecule has 0 unspecified atom stereocenters. The lowest BCUT2D eigenvalue weighted by Crippen LogP contribution is -2.32. The summed E-state index contributed by atoms with van der Waals surface area (Å²) in [6.45, 7) is 1.71. The second-order valence-corrected chi connectivity index (χ2v) is 6.70. The maximum absolute atomic E-state index is 12.5. The van der Waals surface area contributed by atoms with Crippen LogP contribution in [-0.2, 0) is 4.84 Å². The molecule has 2 aromatic heterocycles. The van der Waals surface area contributed by atoms with Crippen molar-refractivity contribution in [2.75, 3.05) is 0 Å². The van der Waals surface area contributed by atoms with E-state index in [2.05, 4.69) is 9.97 Å². The van der Waals surface area contributed by atoms with Crippen LogP contribution in [0.25, 0.3) is 10.2 Å². The van der Waals surface area contributed by atoms with Crippen molar-refractivity contribution in [2.45, 2.75) is 6.92 Å². The molecule has 0 atom stereocenters. The van der Waals surface area contributed by atoms with Gasteiger partial charge in [0, 0.05) is 5.39 Å². The topological polar surface area (TPSA) is 92.4 Å². The summed E-state index contributed by atoms with van der Waals surface area (Å²) in [6.07, 6.45) is 1.44. The number of amides is 2. The summed E-state index contributed by atoms with van der Waals surface area (Å²) in [6, 6.07) is 6.30. The number of aromatic amines is 1. The monoisotopic (exact) mass is 371 g/mol. The van der Waals surface area contributed by atoms with E-state index < -0.39 is 17.8 Å². The van der Waals surface area contributed by atoms with Gasteiger partial charge in [-0.3, -0.25) is 9.59 Å². The predicted molar refractivity (Wildman–Crippen MR) is 91.9 cm³/mol. The number of aromatic nitrogens is 2. The van der Waals surface area contributed by atoms with E-state index in [-0.39, 0.29) is 16.0 Å². The highest BCUT2D eigenvalue weighted by Gasteiger charge is 2.39. The molecule has 2 amide bonds. The summed E-state index contributed by atoms with van der Waals surface area (Å²) in [5.74, 6) is -2.13. The number of carbonyl (C=O) groups is 3. The fourth-order valence-electron chi connectivity index (χ4n) is 2.65. The van der Waals surface area contributed by atoms with Crippen LogP contribution in [0, 0.1) is 11.6 Å². The van der Waals surface area contributed by atoms with Crippen LogP contribution in [0.5, 0.6) is 0 Å². The lowest BCUT2D eigenvalue weighted by molar-refractivity contribution is -0.0581. The molecule has 0 aliphatic carbocycles. The number of nitrogens with one attached hydrogen (secondary N) is 1. The molecule has 25 heavy (non-hydrogen) atoms. The van der Waals surface area contributed by atoms with Gasteiger partial charge in [-0.25, -0.2) is 9.78 Å². The molecule has 1 aromatic carbocycles. The van der Waals surface area contributed by atoms with Crippen molar-refractivity contribution in [3.8, 4) is 0 Å². The number of thiophene rings is 1. The van der Waals surface area contributed by atoms with Crippen molar-refractivity contribution in [3.05, 3.63) is 56.8 Å². The Morgan fingerprint density at radius 1 is 1.24 bits per heavy atom. The van der Waals surface area contributed by atoms with Crippen LogP contribution < -0.4 is 0 Å². The second kappa shape index (κ2) is 5.57. The summed E-state index contributed by atoms with van der Waals surface area (Å²) in [7, 11) is 0. The van der Waals surface area contributed by atoms with Gasteiger partial charge < -0.3 is 9.82 Å². The highest BCUT2D eigenvalue weighted by molar-refractivity contribution is 7.71. The molecule has 4 rings (SSSR count). The van der Waals surface area contributed by atoms with Gasteiger partial charge in [0.15, 0.2) is 0 Å². The van der Waals surface area contributed by atoms with Gasteiger partial charge in [0.1, 0.15) is 14.3 Å². The number of rotatable bonds is 2. The lowest BCUT2D eigenvalue weighted by atomic mass is 10.1. The van der Waals surface area contributed by atoms with Gasteiger partial charge in [0.05, 0.1) is 17.5 Å². The fraction of sp³-hybridized carbons (Fsp3) is 0.0625. The first-order valence-electron chi connectivity index (χ1n) is 7.16. The molecule has 1 N–H and O–H groups in total. The first kappa shape index (κ1) is 15.6. The number of carbonyl (C=O) groups excluding carboxylic acids is 3. The zero-order valence-corrected chi connectivity index (χ0v) is 14.4. The molecular weight excluding hydrogens is 362 g/mol. The van der Waals surface area contributed by atoms with Crippen LogP contribution in [0.2, 0.25) is 0 Å². The van der Waals surface area contributed by atoms with E-state index in [1.165, 1.54) is 18.5 Å². The molecule has 0 bridgehead atoms. The van der Waals surface area contributed by atoms with Crippen molar-refractivity contribution in [2.24, 2.45) is 0 Å². The Balaban J connectivity index is 1.69. The molecule has 3 aromatic rings. The molecule has 0 saturated carbocycles. The van der Waals surface area contributed by atoms with Crippen LogP contribution in [-0.4, -0.2) is 32.8 Å². The van der Waals surface area contributed by atoms with Crippen LogP contribution in [0.1, 0.15) is 36.0 Å². The van der Waals surface area contributed by atoms with Gasteiger partial charge in [-0.2, -0.15) is 0 Å². The molecule has 3 heterocycles. The largest absolute Gasteiger partial charge is 0.374 e. The van der Waals surface area contributed by atoms with E-state index in [1.54, 1.807) is 19.1 Å². The number of hydroxylamine groups is 2. The highest BCUT2D eigenvalue weighted by atomic mass is 32.1. The molecule has 1 aliphatic heterocycles. The number of nitrogens with zero attached hydrogens (tertiary/aromatic N) is 2. The van der Waals surface area contributed by atoms with Gasteiger partial charge in [0.25, 0.3) is 11.8 Å². The summed E-state index contributed by atoms with van der Waals surface area (Å²) in [4.78, 5) is 49.9. The van der Waals surface area contributed by atoms with E-state index in [0.717, 1.165) is 11.3 Å². The van der Waals surface area contributed by atoms with Crippen molar-refractivity contribution in [3.63, 3.8) is 0 Å². The predicted octanol–water partition coefficient (Wildman–Crippen LogP) is 3.03. The number of H-pyrrole nitrogens is 1. The Bertz CT molecular complexity index is 1100. The van der Waals surface area contributed by atoms with Gasteiger partial charge in [-0.15, -0.1) is 11.3 Å². The zero-order valence-electron chi connectivity index (χ0n) is 12.7. The Kier molecular flexibility index (Phi) is 3.48. The summed E-state index contributed by atoms with van der Waals surface area (Å²) in [5, 5.41) is 1.14. The summed E-state index contributed by atoms with van der Waals surface area (Å²) in [5.41, 5.74) is 1.01. The lowest BCUT2D eigenvalue weighted by Gasteiger charge is -2.12. The summed E-state index contributed by atoms with van der Waals surface area (Å²) < 4.78 is 0.457. The van der Waals surface area contributed by atoms with Crippen molar-refractivity contribution in [1.29, 1.82) is 0 Å². The number of fused-ring (bicyclic) bond motifs is 2. The number of hydrogen-bond donors (Lipinski definition) is 1. The maximum atomic E-state index is 12.5. The van der Waals surface area contributed by atoms with Gasteiger partial charge in [0.2, 0.25) is 0 Å². The number of imide groups is 1. The van der Waals surface area contributed by atoms with E-state index in [1.807, 2.05) is 0 Å². The SMILES string of the molecule is Cc1c(C(=O)ON2C(=O)c3ccccc3C2=O)sc2nc[nH]c(=S)c12. The van der Waals surface area contributed by atoms with Gasteiger partial charge >= 0.3 is 5.97 Å². The minimum atomic E-state index is -0.801. The zero-order chi connectivity index (χ0) is 17.7. The maximum Gasteiger partial charge on any atom is 0.374 e. The Morgan fingerprint density at radius 3 is 2.48 bits per heavy atom. The van der Waals surface area contributed by atoms with Crippen molar-refractivity contribution < 1.29 is 19.2 Å². The van der Waals surface area contributed by atoms with E-state index in [9.17, 15) is 14.4 Å². The average Bonchev–Trinajstić information content (AvgIpc) is 3.07. The number of benzene rings is 1. The molecule has 9 heteroatoms. The Morgan fingerprint density at radius 2 is 1.88 bits per heavy atom. The number of hydrogen-bond acceptors (Lipinski definition) is 7. The first-order chi connectivity index (χ1) is 12.0. The van der Waals surface area contributed by atoms with Crippen LogP contribution in [0.15, 0.2) is 30.6 Å². The molecule has 0 radical (unpaired) electrons.